The van der Waals surface area contributed by atoms with Crippen molar-refractivity contribution in [2.24, 2.45) is 5.92 Å². The highest BCUT2D eigenvalue weighted by atomic mass is 79.9. The Balaban J connectivity index is 1.66. The SMILES string of the molecule is [O]c1cc(Br)c(Oc2ccc3[nH]cc(CC4CCCCC4)c3c2)c(C(F)(F)F)c1. The van der Waals surface area contributed by atoms with E-state index in [-0.39, 0.29) is 4.47 Å². The summed E-state index contributed by atoms with van der Waals surface area (Å²) in [5.74, 6) is -0.192. The molecule has 0 spiro atoms. The molecule has 0 bridgehead atoms. The number of ether oxygens (including phenoxy) is 1. The van der Waals surface area contributed by atoms with Gasteiger partial charge in [0.25, 0.3) is 0 Å². The van der Waals surface area contributed by atoms with Gasteiger partial charge in [0.1, 0.15) is 11.3 Å². The van der Waals surface area contributed by atoms with E-state index in [0.29, 0.717) is 17.7 Å². The number of nitrogens with one attached hydrogen (secondary N) is 1. The predicted molar refractivity (Wildman–Crippen MR) is 108 cm³/mol. The average Bonchev–Trinajstić information content (AvgIpc) is 3.06. The summed E-state index contributed by atoms with van der Waals surface area (Å²) in [6.07, 6.45) is 4.47. The molecule has 0 aliphatic heterocycles. The maximum absolute atomic E-state index is 13.4. The fraction of sp³-hybridized carbons (Fsp3) is 0.364. The Morgan fingerprint density at radius 1 is 1.10 bits per heavy atom. The average molecular weight is 467 g/mol. The number of hydrogen-bond acceptors (Lipinski definition) is 1. The van der Waals surface area contributed by atoms with Crippen LogP contribution in [0.4, 0.5) is 13.2 Å². The molecule has 3 nitrogen and oxygen atoms in total. The van der Waals surface area contributed by atoms with Crippen molar-refractivity contribution in [2.45, 2.75) is 44.7 Å². The van der Waals surface area contributed by atoms with Crippen molar-refractivity contribution in [2.75, 3.05) is 0 Å². The lowest BCUT2D eigenvalue weighted by Crippen LogP contribution is -2.09. The summed E-state index contributed by atoms with van der Waals surface area (Å²) < 4.78 is 45.8. The van der Waals surface area contributed by atoms with Crippen molar-refractivity contribution in [3.63, 3.8) is 0 Å². The van der Waals surface area contributed by atoms with E-state index in [0.717, 1.165) is 29.0 Å². The first-order chi connectivity index (χ1) is 13.8. The second-order valence-electron chi connectivity index (χ2n) is 7.61. The van der Waals surface area contributed by atoms with Crippen molar-refractivity contribution in [3.8, 4) is 17.2 Å². The molecule has 1 aromatic heterocycles. The van der Waals surface area contributed by atoms with Gasteiger partial charge < -0.3 is 9.72 Å². The molecule has 1 aliphatic carbocycles. The summed E-state index contributed by atoms with van der Waals surface area (Å²) in [5.41, 5.74) is 0.990. The Morgan fingerprint density at radius 3 is 2.59 bits per heavy atom. The lowest BCUT2D eigenvalue weighted by Gasteiger charge is -2.21. The minimum Gasteiger partial charge on any atom is -0.456 e. The molecule has 1 radical (unpaired) electrons. The van der Waals surface area contributed by atoms with Gasteiger partial charge in [0.2, 0.25) is 0 Å². The van der Waals surface area contributed by atoms with Crippen LogP contribution < -0.4 is 4.74 Å². The highest BCUT2D eigenvalue weighted by Gasteiger charge is 2.36. The number of aromatic amines is 1. The van der Waals surface area contributed by atoms with Gasteiger partial charge in [0.05, 0.1) is 4.47 Å². The minimum atomic E-state index is -4.69. The molecule has 2 aromatic carbocycles. The van der Waals surface area contributed by atoms with E-state index in [2.05, 4.69) is 20.9 Å². The third kappa shape index (κ3) is 4.39. The lowest BCUT2D eigenvalue weighted by atomic mass is 9.85. The van der Waals surface area contributed by atoms with Gasteiger partial charge in [0, 0.05) is 29.2 Å². The Labute approximate surface area is 175 Å². The molecule has 0 unspecified atom stereocenters. The molecular weight excluding hydrogens is 447 g/mol. The van der Waals surface area contributed by atoms with Gasteiger partial charge in [0.15, 0.2) is 11.5 Å². The van der Waals surface area contributed by atoms with E-state index in [1.807, 2.05) is 6.20 Å². The van der Waals surface area contributed by atoms with Crippen molar-refractivity contribution in [1.82, 2.24) is 4.98 Å². The summed E-state index contributed by atoms with van der Waals surface area (Å²) in [5, 5.41) is 12.5. The fourth-order valence-corrected chi connectivity index (χ4v) is 4.61. The number of H-pyrrole nitrogens is 1. The first kappa shape index (κ1) is 20.1. The van der Waals surface area contributed by atoms with Crippen molar-refractivity contribution < 1.29 is 23.0 Å². The van der Waals surface area contributed by atoms with Gasteiger partial charge in [-0.2, -0.15) is 13.2 Å². The van der Waals surface area contributed by atoms with Crippen LogP contribution in [0.25, 0.3) is 10.9 Å². The highest BCUT2D eigenvalue weighted by molar-refractivity contribution is 9.10. The molecule has 1 saturated carbocycles. The zero-order valence-electron chi connectivity index (χ0n) is 15.6. The Bertz CT molecular complexity index is 1020. The summed E-state index contributed by atoms with van der Waals surface area (Å²) in [4.78, 5) is 3.24. The first-order valence-corrected chi connectivity index (χ1v) is 10.5. The molecule has 1 aliphatic rings. The molecule has 1 heterocycles. The zero-order valence-corrected chi connectivity index (χ0v) is 17.2. The minimum absolute atomic E-state index is 0.0195. The standard InChI is InChI=1S/C22H20BrF3NO2/c23-19-10-15(28)9-18(22(24,25)26)21(19)29-16-6-7-20-17(11-16)14(12-27-20)8-13-4-2-1-3-5-13/h6-7,9-13,27H,1-5,8H2. The van der Waals surface area contributed by atoms with Crippen molar-refractivity contribution in [1.29, 1.82) is 0 Å². The smallest absolute Gasteiger partial charge is 0.420 e. The predicted octanol–water partition coefficient (Wildman–Crippen LogP) is 8.01. The summed E-state index contributed by atoms with van der Waals surface area (Å²) in [6, 6.07) is 6.83. The second-order valence-corrected chi connectivity index (χ2v) is 8.47. The molecule has 7 heteroatoms. The van der Waals surface area contributed by atoms with Gasteiger partial charge in [-0.25, -0.2) is 0 Å². The maximum atomic E-state index is 13.4. The van der Waals surface area contributed by atoms with E-state index in [9.17, 15) is 18.3 Å². The summed E-state index contributed by atoms with van der Waals surface area (Å²) >= 11 is 3.04. The molecule has 3 aromatic rings. The van der Waals surface area contributed by atoms with Gasteiger partial charge in [-0.3, -0.25) is 5.11 Å². The van der Waals surface area contributed by atoms with E-state index >= 15 is 0 Å². The van der Waals surface area contributed by atoms with Gasteiger partial charge in [-0.05, 0) is 52.0 Å². The maximum Gasteiger partial charge on any atom is 0.420 e. The number of halogens is 4. The van der Waals surface area contributed by atoms with Crippen LogP contribution in [0, 0.1) is 5.92 Å². The molecule has 29 heavy (non-hydrogen) atoms. The number of benzene rings is 2. The third-order valence-corrected chi connectivity index (χ3v) is 6.10. The quantitative estimate of drug-likeness (QED) is 0.415. The van der Waals surface area contributed by atoms with Crippen LogP contribution in [0.5, 0.6) is 17.2 Å². The van der Waals surface area contributed by atoms with Crippen LogP contribution in [0.3, 0.4) is 0 Å². The number of aromatic nitrogens is 1. The normalized spacial score (nSPS) is 15.7. The highest BCUT2D eigenvalue weighted by Crippen LogP contribution is 2.45. The molecule has 0 atom stereocenters. The molecular formula is C22H20BrF3NO2. The molecule has 0 amide bonds. The fourth-order valence-electron chi connectivity index (χ4n) is 4.09. The van der Waals surface area contributed by atoms with Gasteiger partial charge in [-0.1, -0.05) is 32.1 Å². The lowest BCUT2D eigenvalue weighted by molar-refractivity contribution is -0.138. The van der Waals surface area contributed by atoms with E-state index in [1.54, 1.807) is 18.2 Å². The number of rotatable bonds is 4. The van der Waals surface area contributed by atoms with Crippen LogP contribution in [-0.2, 0) is 17.7 Å². The summed E-state index contributed by atoms with van der Waals surface area (Å²) in [7, 11) is 0. The van der Waals surface area contributed by atoms with Crippen LogP contribution in [0.1, 0.15) is 43.2 Å². The molecule has 0 saturated heterocycles. The topological polar surface area (TPSA) is 44.9 Å². The van der Waals surface area contributed by atoms with Crippen molar-refractivity contribution in [3.05, 3.63) is 52.1 Å². The third-order valence-electron chi connectivity index (χ3n) is 5.51. The largest absolute Gasteiger partial charge is 0.456 e. The van der Waals surface area contributed by atoms with E-state index < -0.39 is 23.2 Å². The van der Waals surface area contributed by atoms with Crippen LogP contribution in [0.2, 0.25) is 0 Å². The van der Waals surface area contributed by atoms with E-state index in [1.165, 1.54) is 32.1 Å². The van der Waals surface area contributed by atoms with Crippen LogP contribution in [0.15, 0.2) is 41.0 Å². The summed E-state index contributed by atoms with van der Waals surface area (Å²) in [6.45, 7) is 0. The molecule has 4 rings (SSSR count). The van der Waals surface area contributed by atoms with Crippen LogP contribution >= 0.6 is 15.9 Å². The molecule has 1 N–H and O–H groups in total. The Morgan fingerprint density at radius 2 is 1.86 bits per heavy atom. The molecule has 153 valence electrons. The number of alkyl halides is 3. The molecule has 1 fully saturated rings. The van der Waals surface area contributed by atoms with Gasteiger partial charge >= 0.3 is 6.18 Å². The number of hydrogen-bond donors (Lipinski definition) is 1. The Hall–Kier alpha value is -2.15. The Kier molecular flexibility index (Phi) is 5.51. The monoisotopic (exact) mass is 466 g/mol. The zero-order chi connectivity index (χ0) is 20.6. The first-order valence-electron chi connectivity index (χ1n) is 9.67. The van der Waals surface area contributed by atoms with Crippen molar-refractivity contribution >= 4 is 26.8 Å². The second kappa shape index (κ2) is 7.94. The number of fused-ring (bicyclic) bond motifs is 1. The van der Waals surface area contributed by atoms with Gasteiger partial charge in [-0.15, -0.1) is 0 Å². The van der Waals surface area contributed by atoms with Crippen LogP contribution in [-0.4, -0.2) is 4.98 Å². The van der Waals surface area contributed by atoms with E-state index in [4.69, 9.17) is 4.74 Å².